The fourth-order valence-electron chi connectivity index (χ4n) is 8.50. The van der Waals surface area contributed by atoms with Gasteiger partial charge in [-0.05, 0) is 136 Å². The molecule has 0 aliphatic heterocycles. The molecule has 0 bridgehead atoms. The second-order valence-corrected chi connectivity index (χ2v) is 14.8. The van der Waals surface area contributed by atoms with Gasteiger partial charge in [0.1, 0.15) is 0 Å². The first-order chi connectivity index (χ1) is 22.8. The lowest BCUT2D eigenvalue weighted by molar-refractivity contribution is 0.648. The highest BCUT2D eigenvalue weighted by Crippen LogP contribution is 2.50. The molecule has 0 saturated carbocycles. The summed E-state index contributed by atoms with van der Waals surface area (Å²) in [7, 11) is 0. The number of fused-ring (bicyclic) bond motifs is 4. The normalized spacial score (nSPS) is 13.7. The zero-order valence-electron chi connectivity index (χ0n) is 28.0. The minimum Gasteiger partial charge on any atom is -0.0625 e. The highest BCUT2D eigenvalue weighted by Gasteiger charge is 2.35. The third kappa shape index (κ3) is 4.35. The van der Waals surface area contributed by atoms with E-state index >= 15 is 0 Å². The molecule has 0 radical (unpaired) electrons. The maximum atomic E-state index is 2.44. The van der Waals surface area contributed by atoms with Gasteiger partial charge in [-0.25, -0.2) is 0 Å². The standard InChI is InChI=1S/C47H40/c1-6-29-7-17-40-41-19-15-35(27-44(41)47(4,5)43(40)24-29)33-9-10-34-26-36(12-11-32(34)25-33)39-18-14-31-8-13-37-22-30(21-28(2)3)23-38-16-20-42(39)46(31)45(37)38/h7-20,22-28H,6,21H2,1-5H3. The van der Waals surface area contributed by atoms with Gasteiger partial charge in [-0.1, -0.05) is 138 Å². The third-order valence-corrected chi connectivity index (χ3v) is 10.9. The van der Waals surface area contributed by atoms with E-state index in [1.807, 2.05) is 0 Å². The molecule has 0 heteroatoms. The highest BCUT2D eigenvalue weighted by atomic mass is 14.4. The van der Waals surface area contributed by atoms with Gasteiger partial charge in [-0.2, -0.15) is 0 Å². The first-order valence-electron chi connectivity index (χ1n) is 17.3. The molecule has 0 heterocycles. The summed E-state index contributed by atoms with van der Waals surface area (Å²) in [6.07, 6.45) is 2.18. The Morgan fingerprint density at radius 3 is 1.77 bits per heavy atom. The number of rotatable bonds is 5. The molecular formula is C47H40. The monoisotopic (exact) mass is 604 g/mol. The van der Waals surface area contributed by atoms with Crippen LogP contribution in [0.2, 0.25) is 0 Å². The predicted octanol–water partition coefficient (Wildman–Crippen LogP) is 13.1. The molecule has 8 aromatic carbocycles. The molecule has 0 nitrogen and oxygen atoms in total. The van der Waals surface area contributed by atoms with Crippen LogP contribution in [0.4, 0.5) is 0 Å². The van der Waals surface area contributed by atoms with Crippen LogP contribution < -0.4 is 0 Å². The zero-order chi connectivity index (χ0) is 32.0. The van der Waals surface area contributed by atoms with Crippen LogP contribution in [0.5, 0.6) is 0 Å². The van der Waals surface area contributed by atoms with Crippen molar-refractivity contribution < 1.29 is 0 Å². The van der Waals surface area contributed by atoms with Crippen molar-refractivity contribution >= 4 is 43.1 Å². The molecule has 0 atom stereocenters. The first-order valence-corrected chi connectivity index (χ1v) is 17.3. The van der Waals surface area contributed by atoms with E-state index in [0.717, 1.165) is 12.8 Å². The average molecular weight is 605 g/mol. The van der Waals surface area contributed by atoms with E-state index in [1.165, 1.54) is 98.7 Å². The van der Waals surface area contributed by atoms with Gasteiger partial charge in [-0.15, -0.1) is 0 Å². The summed E-state index contributed by atoms with van der Waals surface area (Å²) in [5, 5.41) is 10.7. The molecule has 47 heavy (non-hydrogen) atoms. The van der Waals surface area contributed by atoms with E-state index in [1.54, 1.807) is 0 Å². The van der Waals surface area contributed by atoms with Crippen molar-refractivity contribution in [1.29, 1.82) is 0 Å². The fourth-order valence-corrected chi connectivity index (χ4v) is 8.50. The molecule has 8 aromatic rings. The third-order valence-electron chi connectivity index (χ3n) is 10.9. The van der Waals surface area contributed by atoms with Crippen LogP contribution >= 0.6 is 0 Å². The smallest absolute Gasteiger partial charge is 0.0159 e. The Kier molecular flexibility index (Phi) is 6.19. The molecular weight excluding hydrogens is 565 g/mol. The van der Waals surface area contributed by atoms with Crippen LogP contribution in [-0.4, -0.2) is 0 Å². The van der Waals surface area contributed by atoms with E-state index < -0.39 is 0 Å². The molecule has 9 rings (SSSR count). The van der Waals surface area contributed by atoms with E-state index in [4.69, 9.17) is 0 Å². The van der Waals surface area contributed by atoms with Gasteiger partial charge in [0, 0.05) is 5.41 Å². The van der Waals surface area contributed by atoms with Crippen LogP contribution in [0.15, 0.2) is 121 Å². The lowest BCUT2D eigenvalue weighted by atomic mass is 9.81. The molecule has 228 valence electrons. The maximum absolute atomic E-state index is 2.44. The molecule has 0 fully saturated rings. The number of aryl methyl sites for hydroxylation is 1. The van der Waals surface area contributed by atoms with Crippen LogP contribution in [0, 0.1) is 5.92 Å². The van der Waals surface area contributed by atoms with Crippen LogP contribution in [0.3, 0.4) is 0 Å². The first kappa shape index (κ1) is 28.3. The van der Waals surface area contributed by atoms with Crippen LogP contribution in [0.25, 0.3) is 76.5 Å². The largest absolute Gasteiger partial charge is 0.0625 e. The number of hydrogen-bond acceptors (Lipinski definition) is 0. The van der Waals surface area contributed by atoms with E-state index in [2.05, 4.69) is 156 Å². The molecule has 0 aromatic heterocycles. The van der Waals surface area contributed by atoms with E-state index in [-0.39, 0.29) is 5.41 Å². The van der Waals surface area contributed by atoms with Gasteiger partial charge in [0.25, 0.3) is 0 Å². The van der Waals surface area contributed by atoms with Crippen molar-refractivity contribution in [1.82, 2.24) is 0 Å². The van der Waals surface area contributed by atoms with Crippen molar-refractivity contribution in [2.75, 3.05) is 0 Å². The molecule has 1 aliphatic rings. The maximum Gasteiger partial charge on any atom is 0.0159 e. The molecule has 0 spiro atoms. The minimum atomic E-state index is -0.00530. The number of benzene rings is 8. The summed E-state index contributed by atoms with van der Waals surface area (Å²) in [4.78, 5) is 0. The van der Waals surface area contributed by atoms with Crippen molar-refractivity contribution in [3.8, 4) is 33.4 Å². The molecule has 1 aliphatic carbocycles. The summed E-state index contributed by atoms with van der Waals surface area (Å²) in [6, 6.07) is 46.8. The predicted molar refractivity (Wildman–Crippen MR) is 204 cm³/mol. The summed E-state index contributed by atoms with van der Waals surface area (Å²) < 4.78 is 0. The van der Waals surface area contributed by atoms with Gasteiger partial charge < -0.3 is 0 Å². The van der Waals surface area contributed by atoms with Crippen LogP contribution in [-0.2, 0) is 18.3 Å². The molecule has 0 unspecified atom stereocenters. The Morgan fingerprint density at radius 2 is 1.02 bits per heavy atom. The summed E-state index contributed by atoms with van der Waals surface area (Å²) in [5.41, 5.74) is 13.6. The summed E-state index contributed by atoms with van der Waals surface area (Å²) in [5.74, 6) is 0.645. The van der Waals surface area contributed by atoms with Gasteiger partial charge in [0.05, 0.1) is 0 Å². The van der Waals surface area contributed by atoms with Gasteiger partial charge in [0.15, 0.2) is 0 Å². The van der Waals surface area contributed by atoms with Crippen LogP contribution in [0.1, 0.15) is 56.9 Å². The Morgan fingerprint density at radius 1 is 0.468 bits per heavy atom. The Balaban J connectivity index is 1.11. The minimum absolute atomic E-state index is 0.00530. The van der Waals surface area contributed by atoms with E-state index in [0.29, 0.717) is 5.92 Å². The van der Waals surface area contributed by atoms with Crippen molar-refractivity contribution in [2.45, 2.75) is 52.9 Å². The van der Waals surface area contributed by atoms with E-state index in [9.17, 15) is 0 Å². The lowest BCUT2D eigenvalue weighted by Crippen LogP contribution is -2.15. The molecule has 0 amide bonds. The Labute approximate surface area is 278 Å². The lowest BCUT2D eigenvalue weighted by Gasteiger charge is -2.22. The fraction of sp³-hybridized carbons (Fsp3) is 0.191. The highest BCUT2D eigenvalue weighted by molar-refractivity contribution is 6.25. The second-order valence-electron chi connectivity index (χ2n) is 14.8. The topological polar surface area (TPSA) is 0 Å². The quantitative estimate of drug-likeness (QED) is 0.171. The second kappa shape index (κ2) is 10.3. The van der Waals surface area contributed by atoms with Gasteiger partial charge in [-0.3, -0.25) is 0 Å². The molecule has 0 saturated heterocycles. The Bertz CT molecular complexity index is 2500. The zero-order valence-corrected chi connectivity index (χ0v) is 28.0. The van der Waals surface area contributed by atoms with Crippen molar-refractivity contribution in [3.63, 3.8) is 0 Å². The van der Waals surface area contributed by atoms with Crippen molar-refractivity contribution in [2.24, 2.45) is 5.92 Å². The average Bonchev–Trinajstić information content (AvgIpc) is 3.31. The summed E-state index contributed by atoms with van der Waals surface area (Å²) >= 11 is 0. The Hall–Kier alpha value is -4.94. The van der Waals surface area contributed by atoms with Gasteiger partial charge in [0.2, 0.25) is 0 Å². The number of hydrogen-bond donors (Lipinski definition) is 0. The van der Waals surface area contributed by atoms with Gasteiger partial charge >= 0.3 is 0 Å². The van der Waals surface area contributed by atoms with Crippen molar-refractivity contribution in [3.05, 3.63) is 144 Å². The SMILES string of the molecule is CCc1ccc2c(c1)C(C)(C)c1cc(-c3ccc4cc(-c5ccc6ccc7cc(CC(C)C)cc8ccc5c6c78)ccc4c3)ccc1-2. The molecule has 0 N–H and O–H groups in total. The summed E-state index contributed by atoms with van der Waals surface area (Å²) in [6.45, 7) is 11.6.